The molecule has 2 aliphatic rings. The van der Waals surface area contributed by atoms with Crippen molar-refractivity contribution in [2.45, 2.75) is 45.4 Å². The first-order valence-electron chi connectivity index (χ1n) is 7.86. The Kier molecular flexibility index (Phi) is 4.17. The number of benzene rings is 1. The third-order valence-electron chi connectivity index (χ3n) is 5.51. The number of hydrogen-bond acceptors (Lipinski definition) is 0. The molecule has 2 bridgehead atoms. The lowest BCUT2D eigenvalue weighted by Gasteiger charge is -2.26. The van der Waals surface area contributed by atoms with E-state index >= 15 is 0 Å². The Morgan fingerprint density at radius 3 is 2.68 bits per heavy atom. The maximum atomic E-state index is 6.25. The maximum absolute atomic E-state index is 6.25. The van der Waals surface area contributed by atoms with Gasteiger partial charge in [0.25, 0.3) is 0 Å². The predicted octanol–water partition coefficient (Wildman–Crippen LogP) is 5.22. The van der Waals surface area contributed by atoms with Gasteiger partial charge in [-0.3, -0.25) is 0 Å². The summed E-state index contributed by atoms with van der Waals surface area (Å²) in [4.78, 5) is 0. The predicted molar refractivity (Wildman–Crippen MR) is 82.6 cm³/mol. The highest BCUT2D eigenvalue weighted by Gasteiger charge is 2.39. The molecule has 1 aromatic rings. The summed E-state index contributed by atoms with van der Waals surface area (Å²) in [5.74, 6) is 4.57. The van der Waals surface area contributed by atoms with E-state index in [0.29, 0.717) is 5.92 Å². The minimum atomic E-state index is 0.673. The average molecular weight is 277 g/mol. The van der Waals surface area contributed by atoms with E-state index in [9.17, 15) is 0 Å². The summed E-state index contributed by atoms with van der Waals surface area (Å²) >= 11 is 6.25. The van der Waals surface area contributed by atoms with Crippen molar-refractivity contribution in [2.24, 2.45) is 23.7 Å². The summed E-state index contributed by atoms with van der Waals surface area (Å²) in [5, 5.41) is 0. The monoisotopic (exact) mass is 276 g/mol. The van der Waals surface area contributed by atoms with Crippen LogP contribution in [0, 0.1) is 30.6 Å². The lowest BCUT2D eigenvalue weighted by molar-refractivity contribution is 0.276. The van der Waals surface area contributed by atoms with E-state index in [4.69, 9.17) is 11.6 Å². The van der Waals surface area contributed by atoms with Gasteiger partial charge in [0.1, 0.15) is 0 Å². The first-order valence-corrected chi connectivity index (χ1v) is 8.40. The van der Waals surface area contributed by atoms with Gasteiger partial charge in [-0.15, -0.1) is 11.6 Å². The highest BCUT2D eigenvalue weighted by Crippen LogP contribution is 2.50. The van der Waals surface area contributed by atoms with Gasteiger partial charge in [0, 0.05) is 5.88 Å². The van der Waals surface area contributed by atoms with E-state index in [0.717, 1.165) is 23.6 Å². The molecule has 104 valence electrons. The Morgan fingerprint density at radius 1 is 1.21 bits per heavy atom. The van der Waals surface area contributed by atoms with Crippen LogP contribution in [0.3, 0.4) is 0 Å². The van der Waals surface area contributed by atoms with Crippen LogP contribution in [-0.2, 0) is 6.42 Å². The van der Waals surface area contributed by atoms with Crippen molar-refractivity contribution < 1.29 is 0 Å². The standard InChI is InChI=1S/C18H25Cl/c1-13-4-2-3-5-16(13)10-15(12-19)11-18-9-14-6-7-17(18)8-14/h2-5,14-15,17-18H,6-12H2,1H3. The molecule has 1 heteroatoms. The van der Waals surface area contributed by atoms with Crippen LogP contribution in [0.5, 0.6) is 0 Å². The molecule has 2 aliphatic carbocycles. The van der Waals surface area contributed by atoms with E-state index in [1.807, 2.05) is 0 Å². The zero-order chi connectivity index (χ0) is 13.2. The van der Waals surface area contributed by atoms with E-state index < -0.39 is 0 Å². The lowest BCUT2D eigenvalue weighted by Crippen LogP contribution is -2.18. The molecule has 0 aliphatic heterocycles. The van der Waals surface area contributed by atoms with E-state index in [1.54, 1.807) is 0 Å². The van der Waals surface area contributed by atoms with Gasteiger partial charge in [-0.25, -0.2) is 0 Å². The first kappa shape index (κ1) is 13.5. The molecule has 0 heterocycles. The van der Waals surface area contributed by atoms with Gasteiger partial charge in [0.2, 0.25) is 0 Å². The number of alkyl halides is 1. The number of aryl methyl sites for hydroxylation is 1. The van der Waals surface area contributed by atoms with Gasteiger partial charge < -0.3 is 0 Å². The SMILES string of the molecule is Cc1ccccc1CC(CCl)CC1CC2CCC1C2. The molecule has 2 saturated carbocycles. The normalized spacial score (nSPS) is 30.7. The molecule has 3 rings (SSSR count). The van der Waals surface area contributed by atoms with E-state index in [1.165, 1.54) is 49.7 Å². The molecule has 1 aromatic carbocycles. The molecule has 4 unspecified atom stereocenters. The van der Waals surface area contributed by atoms with Gasteiger partial charge in [0.15, 0.2) is 0 Å². The molecule has 0 N–H and O–H groups in total. The molecule has 2 fully saturated rings. The van der Waals surface area contributed by atoms with Crippen LogP contribution < -0.4 is 0 Å². The average Bonchev–Trinajstić information content (AvgIpc) is 3.02. The van der Waals surface area contributed by atoms with Crippen LogP contribution in [0.2, 0.25) is 0 Å². The second-order valence-electron chi connectivity index (χ2n) is 6.82. The number of rotatable bonds is 5. The van der Waals surface area contributed by atoms with Crippen molar-refractivity contribution in [1.29, 1.82) is 0 Å². The van der Waals surface area contributed by atoms with Crippen molar-refractivity contribution in [3.8, 4) is 0 Å². The topological polar surface area (TPSA) is 0 Å². The van der Waals surface area contributed by atoms with Crippen LogP contribution in [0.4, 0.5) is 0 Å². The zero-order valence-corrected chi connectivity index (χ0v) is 12.7. The smallest absolute Gasteiger partial charge is 0.0255 e. The molecule has 0 saturated heterocycles. The Hall–Kier alpha value is -0.490. The van der Waals surface area contributed by atoms with Crippen LogP contribution in [0.1, 0.15) is 43.2 Å². The second kappa shape index (κ2) is 5.87. The Morgan fingerprint density at radius 2 is 2.05 bits per heavy atom. The summed E-state index contributed by atoms with van der Waals surface area (Å²) in [5.41, 5.74) is 2.92. The molecule has 19 heavy (non-hydrogen) atoms. The quantitative estimate of drug-likeness (QED) is 0.647. The molecular formula is C18H25Cl. The molecule has 0 spiro atoms. The van der Waals surface area contributed by atoms with Gasteiger partial charge >= 0.3 is 0 Å². The Bertz CT molecular complexity index is 425. The van der Waals surface area contributed by atoms with Crippen LogP contribution in [0.25, 0.3) is 0 Å². The zero-order valence-electron chi connectivity index (χ0n) is 11.9. The fraction of sp³-hybridized carbons (Fsp3) is 0.667. The molecule has 0 amide bonds. The van der Waals surface area contributed by atoms with Crippen molar-refractivity contribution in [2.75, 3.05) is 5.88 Å². The van der Waals surface area contributed by atoms with Crippen LogP contribution >= 0.6 is 11.6 Å². The van der Waals surface area contributed by atoms with Crippen molar-refractivity contribution in [1.82, 2.24) is 0 Å². The molecule has 0 aromatic heterocycles. The van der Waals surface area contributed by atoms with Crippen LogP contribution in [-0.4, -0.2) is 5.88 Å². The van der Waals surface area contributed by atoms with Crippen molar-refractivity contribution in [3.05, 3.63) is 35.4 Å². The fourth-order valence-corrected chi connectivity index (χ4v) is 4.68. The lowest BCUT2D eigenvalue weighted by atomic mass is 9.81. The summed E-state index contributed by atoms with van der Waals surface area (Å²) in [6.07, 6.45) is 8.54. The molecule has 0 nitrogen and oxygen atoms in total. The molecular weight excluding hydrogens is 252 g/mol. The maximum Gasteiger partial charge on any atom is 0.0255 e. The number of fused-ring (bicyclic) bond motifs is 2. The van der Waals surface area contributed by atoms with Gasteiger partial charge in [-0.2, -0.15) is 0 Å². The fourth-order valence-electron chi connectivity index (χ4n) is 4.44. The van der Waals surface area contributed by atoms with Gasteiger partial charge in [0.05, 0.1) is 0 Å². The number of halogens is 1. The largest absolute Gasteiger partial charge is 0.126 e. The molecule has 4 atom stereocenters. The van der Waals surface area contributed by atoms with E-state index in [-0.39, 0.29) is 0 Å². The third-order valence-corrected chi connectivity index (χ3v) is 5.95. The van der Waals surface area contributed by atoms with Crippen LogP contribution in [0.15, 0.2) is 24.3 Å². The molecule has 0 radical (unpaired) electrons. The summed E-state index contributed by atoms with van der Waals surface area (Å²) in [6, 6.07) is 8.78. The highest BCUT2D eigenvalue weighted by atomic mass is 35.5. The van der Waals surface area contributed by atoms with Crippen molar-refractivity contribution in [3.63, 3.8) is 0 Å². The third kappa shape index (κ3) is 2.99. The van der Waals surface area contributed by atoms with E-state index in [2.05, 4.69) is 31.2 Å². The Balaban J connectivity index is 1.60. The van der Waals surface area contributed by atoms with Gasteiger partial charge in [-0.05, 0) is 73.8 Å². The highest BCUT2D eigenvalue weighted by molar-refractivity contribution is 6.18. The second-order valence-corrected chi connectivity index (χ2v) is 7.13. The van der Waals surface area contributed by atoms with Crippen molar-refractivity contribution >= 4 is 11.6 Å². The summed E-state index contributed by atoms with van der Waals surface area (Å²) in [6.45, 7) is 2.22. The minimum Gasteiger partial charge on any atom is -0.126 e. The van der Waals surface area contributed by atoms with Gasteiger partial charge in [-0.1, -0.05) is 30.7 Å². The first-order chi connectivity index (χ1) is 9.26. The summed E-state index contributed by atoms with van der Waals surface area (Å²) in [7, 11) is 0. The Labute approximate surface area is 122 Å². The number of hydrogen-bond donors (Lipinski definition) is 0. The summed E-state index contributed by atoms with van der Waals surface area (Å²) < 4.78 is 0. The minimum absolute atomic E-state index is 0.673.